The van der Waals surface area contributed by atoms with Crippen molar-refractivity contribution in [2.24, 2.45) is 5.92 Å². The highest BCUT2D eigenvalue weighted by molar-refractivity contribution is 9.10. The first-order chi connectivity index (χ1) is 7.90. The largest absolute Gasteiger partial charge is 0.273 e. The Morgan fingerprint density at radius 3 is 2.59 bits per heavy atom. The molecule has 0 saturated heterocycles. The molecule has 0 radical (unpaired) electrons. The first-order valence-electron chi connectivity index (χ1n) is 5.47. The van der Waals surface area contributed by atoms with Crippen LogP contribution >= 0.6 is 31.9 Å². The summed E-state index contributed by atoms with van der Waals surface area (Å²) in [6.45, 7) is 4.29. The van der Waals surface area contributed by atoms with Gasteiger partial charge < -0.3 is 0 Å². The second-order valence-corrected chi connectivity index (χ2v) is 6.67. The van der Waals surface area contributed by atoms with E-state index in [1.54, 1.807) is 6.07 Å². The van der Waals surface area contributed by atoms with Crippen LogP contribution in [0.25, 0.3) is 0 Å². The van der Waals surface area contributed by atoms with Crippen molar-refractivity contribution in [1.29, 1.82) is 0 Å². The van der Waals surface area contributed by atoms with Crippen molar-refractivity contribution in [2.75, 3.05) is 0 Å². The Balaban J connectivity index is 2.86. The second-order valence-electron chi connectivity index (χ2n) is 4.46. The van der Waals surface area contributed by atoms with E-state index in [4.69, 9.17) is 0 Å². The smallest absolute Gasteiger partial charge is 0.258 e. The summed E-state index contributed by atoms with van der Waals surface area (Å²) in [5.41, 5.74) is 0.966. The number of rotatable bonds is 5. The molecular weight excluding hydrogens is 350 g/mol. The van der Waals surface area contributed by atoms with Crippen molar-refractivity contribution in [3.05, 3.63) is 38.3 Å². The lowest BCUT2D eigenvalue weighted by molar-refractivity contribution is -0.385. The Labute approximate surface area is 118 Å². The van der Waals surface area contributed by atoms with Crippen molar-refractivity contribution in [1.82, 2.24) is 0 Å². The van der Waals surface area contributed by atoms with E-state index in [2.05, 4.69) is 45.7 Å². The summed E-state index contributed by atoms with van der Waals surface area (Å²) >= 11 is 6.84. The van der Waals surface area contributed by atoms with Gasteiger partial charge in [-0.05, 0) is 24.8 Å². The number of halogens is 2. The van der Waals surface area contributed by atoms with Crippen molar-refractivity contribution < 1.29 is 4.92 Å². The molecule has 3 nitrogen and oxygen atoms in total. The average molecular weight is 365 g/mol. The molecule has 0 amide bonds. The molecule has 0 aliphatic rings. The average Bonchev–Trinajstić information content (AvgIpc) is 2.19. The first-order valence-corrected chi connectivity index (χ1v) is 7.18. The van der Waals surface area contributed by atoms with Crippen LogP contribution in [-0.2, 0) is 6.42 Å². The number of hydrogen-bond donors (Lipinski definition) is 0. The van der Waals surface area contributed by atoms with Gasteiger partial charge in [0.2, 0.25) is 0 Å². The summed E-state index contributed by atoms with van der Waals surface area (Å²) in [6.07, 6.45) is 1.69. The van der Waals surface area contributed by atoms with Crippen molar-refractivity contribution in [3.63, 3.8) is 0 Å². The number of benzene rings is 1. The van der Waals surface area contributed by atoms with Crippen LogP contribution in [0.5, 0.6) is 0 Å². The van der Waals surface area contributed by atoms with Crippen LogP contribution in [0, 0.1) is 16.0 Å². The maximum absolute atomic E-state index is 10.9. The Kier molecular flexibility index (Phi) is 5.59. The van der Waals surface area contributed by atoms with Gasteiger partial charge in [0.05, 0.1) is 4.92 Å². The molecule has 1 unspecified atom stereocenters. The molecule has 0 fully saturated rings. The zero-order valence-corrected chi connectivity index (χ0v) is 13.0. The van der Waals surface area contributed by atoms with Crippen molar-refractivity contribution in [3.8, 4) is 0 Å². The standard InChI is InChI=1S/C12H15Br2NO2/c1-8(2)5-11(14)6-9-3-4-10(13)7-12(9)15(16)17/h3-4,7-8,11H,5-6H2,1-2H3. The fourth-order valence-electron chi connectivity index (χ4n) is 1.71. The van der Waals surface area contributed by atoms with E-state index >= 15 is 0 Å². The maximum atomic E-state index is 10.9. The molecule has 0 bridgehead atoms. The molecule has 0 heterocycles. The highest BCUT2D eigenvalue weighted by Crippen LogP contribution is 2.27. The highest BCUT2D eigenvalue weighted by Gasteiger charge is 2.17. The fraction of sp³-hybridized carbons (Fsp3) is 0.500. The van der Waals surface area contributed by atoms with Crippen molar-refractivity contribution in [2.45, 2.75) is 31.5 Å². The van der Waals surface area contributed by atoms with Crippen LogP contribution in [0.15, 0.2) is 22.7 Å². The normalized spacial score (nSPS) is 12.8. The van der Waals surface area contributed by atoms with Gasteiger partial charge in [0.15, 0.2) is 0 Å². The predicted octanol–water partition coefficient (Wildman–Crippen LogP) is 4.71. The maximum Gasteiger partial charge on any atom is 0.273 e. The molecule has 0 spiro atoms. The molecule has 0 aromatic heterocycles. The van der Waals surface area contributed by atoms with Gasteiger partial charge in [-0.3, -0.25) is 10.1 Å². The topological polar surface area (TPSA) is 43.1 Å². The molecule has 1 atom stereocenters. The predicted molar refractivity (Wildman–Crippen MR) is 76.7 cm³/mol. The number of nitro groups is 1. The van der Waals surface area contributed by atoms with E-state index in [0.717, 1.165) is 16.5 Å². The molecule has 17 heavy (non-hydrogen) atoms. The minimum absolute atomic E-state index is 0.188. The molecule has 0 aliphatic carbocycles. The third-order valence-corrected chi connectivity index (χ3v) is 3.60. The van der Waals surface area contributed by atoms with Crippen LogP contribution in [0.2, 0.25) is 0 Å². The summed E-state index contributed by atoms with van der Waals surface area (Å²) in [5.74, 6) is 0.578. The summed E-state index contributed by atoms with van der Waals surface area (Å²) in [5, 5.41) is 10.9. The Morgan fingerprint density at radius 2 is 2.06 bits per heavy atom. The van der Waals surface area contributed by atoms with Crippen LogP contribution in [0.3, 0.4) is 0 Å². The van der Waals surface area contributed by atoms with Gasteiger partial charge in [0, 0.05) is 20.9 Å². The first kappa shape index (κ1) is 14.6. The Morgan fingerprint density at radius 1 is 1.41 bits per heavy atom. The number of nitrogens with zero attached hydrogens (tertiary/aromatic N) is 1. The summed E-state index contributed by atoms with van der Waals surface area (Å²) in [4.78, 5) is 10.9. The summed E-state index contributed by atoms with van der Waals surface area (Å²) in [6, 6.07) is 5.22. The van der Waals surface area contributed by atoms with Crippen molar-refractivity contribution >= 4 is 37.5 Å². The van der Waals surface area contributed by atoms with E-state index in [-0.39, 0.29) is 15.4 Å². The van der Waals surface area contributed by atoms with E-state index in [9.17, 15) is 10.1 Å². The molecule has 1 aromatic carbocycles. The minimum Gasteiger partial charge on any atom is -0.258 e. The summed E-state index contributed by atoms with van der Waals surface area (Å²) in [7, 11) is 0. The fourth-order valence-corrected chi connectivity index (χ4v) is 3.16. The molecule has 0 N–H and O–H groups in total. The monoisotopic (exact) mass is 363 g/mol. The van der Waals surface area contributed by atoms with E-state index in [0.29, 0.717) is 12.3 Å². The lowest BCUT2D eigenvalue weighted by Gasteiger charge is -2.12. The third-order valence-electron chi connectivity index (χ3n) is 2.41. The number of nitro benzene ring substituents is 1. The minimum atomic E-state index is -0.324. The van der Waals surface area contributed by atoms with Crippen LogP contribution in [0.4, 0.5) is 5.69 Å². The highest BCUT2D eigenvalue weighted by atomic mass is 79.9. The summed E-state index contributed by atoms with van der Waals surface area (Å²) < 4.78 is 0.739. The molecule has 0 aliphatic heterocycles. The zero-order chi connectivity index (χ0) is 13.0. The van der Waals surface area contributed by atoms with Crippen LogP contribution < -0.4 is 0 Å². The van der Waals surface area contributed by atoms with Gasteiger partial charge in [-0.2, -0.15) is 0 Å². The van der Waals surface area contributed by atoms with Gasteiger partial charge in [-0.25, -0.2) is 0 Å². The van der Waals surface area contributed by atoms with Gasteiger partial charge in [0.1, 0.15) is 0 Å². The number of hydrogen-bond acceptors (Lipinski definition) is 2. The second kappa shape index (κ2) is 6.50. The van der Waals surface area contributed by atoms with E-state index < -0.39 is 0 Å². The third kappa shape index (κ3) is 4.76. The molecule has 5 heteroatoms. The van der Waals surface area contributed by atoms with Gasteiger partial charge in [-0.15, -0.1) is 0 Å². The molecule has 1 aromatic rings. The van der Waals surface area contributed by atoms with E-state index in [1.807, 2.05) is 12.1 Å². The number of alkyl halides is 1. The SMILES string of the molecule is CC(C)CC(Br)Cc1ccc(Br)cc1[N+](=O)[O-]. The lowest BCUT2D eigenvalue weighted by Crippen LogP contribution is -2.08. The van der Waals surface area contributed by atoms with E-state index in [1.165, 1.54) is 0 Å². The van der Waals surface area contributed by atoms with Gasteiger partial charge in [0.25, 0.3) is 5.69 Å². The molecule has 1 rings (SSSR count). The Hall–Kier alpha value is -0.420. The molecule has 0 saturated carbocycles. The Bertz CT molecular complexity index is 407. The zero-order valence-electron chi connectivity index (χ0n) is 9.82. The lowest BCUT2D eigenvalue weighted by atomic mass is 10.0. The van der Waals surface area contributed by atoms with Crippen LogP contribution in [0.1, 0.15) is 25.8 Å². The van der Waals surface area contributed by atoms with Gasteiger partial charge in [-0.1, -0.05) is 51.8 Å². The van der Waals surface area contributed by atoms with Gasteiger partial charge >= 0.3 is 0 Å². The quantitative estimate of drug-likeness (QED) is 0.431. The molecular formula is C12H15Br2NO2. The molecule has 94 valence electrons. The van der Waals surface area contributed by atoms with Crippen LogP contribution in [-0.4, -0.2) is 9.75 Å².